The van der Waals surface area contributed by atoms with Gasteiger partial charge in [-0.15, -0.1) is 0 Å². The molecule has 0 spiro atoms. The lowest BCUT2D eigenvalue weighted by Gasteiger charge is -2.09. The highest BCUT2D eigenvalue weighted by molar-refractivity contribution is 5.97. The molecule has 25 heavy (non-hydrogen) atoms. The van der Waals surface area contributed by atoms with Crippen molar-refractivity contribution in [1.29, 1.82) is 0 Å². The van der Waals surface area contributed by atoms with Crippen LogP contribution in [0.4, 0.5) is 5.69 Å². The zero-order valence-electron chi connectivity index (χ0n) is 14.7. The zero-order valence-corrected chi connectivity index (χ0v) is 14.7. The van der Waals surface area contributed by atoms with Crippen LogP contribution in [0.2, 0.25) is 0 Å². The first-order valence-corrected chi connectivity index (χ1v) is 8.52. The van der Waals surface area contributed by atoms with Crippen LogP contribution in [-0.4, -0.2) is 25.0 Å². The van der Waals surface area contributed by atoms with E-state index in [2.05, 4.69) is 17.6 Å². The van der Waals surface area contributed by atoms with Gasteiger partial charge in [0.15, 0.2) is 6.61 Å². The Morgan fingerprint density at radius 1 is 1.04 bits per heavy atom. The van der Waals surface area contributed by atoms with Crippen molar-refractivity contribution in [3.05, 3.63) is 59.7 Å². The molecular formula is C20H24N2O3. The average molecular weight is 340 g/mol. The highest BCUT2D eigenvalue weighted by atomic mass is 16.5. The Labute approximate surface area is 148 Å². The van der Waals surface area contributed by atoms with Gasteiger partial charge in [-0.1, -0.05) is 32.0 Å². The molecule has 0 radical (unpaired) electrons. The summed E-state index contributed by atoms with van der Waals surface area (Å²) in [5.74, 6) is 0.232. The van der Waals surface area contributed by atoms with E-state index in [-0.39, 0.29) is 18.4 Å². The number of hydrogen-bond acceptors (Lipinski definition) is 3. The number of aryl methyl sites for hydroxylation is 1. The molecule has 2 aromatic rings. The number of ether oxygens (including phenoxy) is 1. The van der Waals surface area contributed by atoms with Gasteiger partial charge in [-0.3, -0.25) is 9.59 Å². The molecule has 5 nitrogen and oxygen atoms in total. The van der Waals surface area contributed by atoms with Gasteiger partial charge in [0, 0.05) is 17.8 Å². The first kappa shape index (κ1) is 18.5. The number of carbonyl (C=O) groups is 2. The van der Waals surface area contributed by atoms with Crippen LogP contribution in [0.3, 0.4) is 0 Å². The van der Waals surface area contributed by atoms with E-state index >= 15 is 0 Å². The summed E-state index contributed by atoms with van der Waals surface area (Å²) in [5.41, 5.74) is 2.30. The molecule has 2 N–H and O–H groups in total. The number of hydrogen-bond donors (Lipinski definition) is 2. The Bertz CT molecular complexity index is 711. The Kier molecular flexibility index (Phi) is 7.01. The molecule has 0 unspecified atom stereocenters. The Morgan fingerprint density at radius 2 is 1.80 bits per heavy atom. The maximum atomic E-state index is 12.0. The van der Waals surface area contributed by atoms with Gasteiger partial charge in [0.05, 0.1) is 0 Å². The van der Waals surface area contributed by atoms with Crippen molar-refractivity contribution < 1.29 is 14.3 Å². The number of carbonyl (C=O) groups excluding carboxylic acids is 2. The molecule has 0 heterocycles. The average Bonchev–Trinajstić information content (AvgIpc) is 2.65. The van der Waals surface area contributed by atoms with Gasteiger partial charge < -0.3 is 15.4 Å². The van der Waals surface area contributed by atoms with Gasteiger partial charge in [0.2, 0.25) is 0 Å². The predicted octanol–water partition coefficient (Wildman–Crippen LogP) is 3.41. The molecule has 5 heteroatoms. The predicted molar refractivity (Wildman–Crippen MR) is 99.0 cm³/mol. The zero-order chi connectivity index (χ0) is 18.1. The number of rotatable bonds is 8. The van der Waals surface area contributed by atoms with Crippen LogP contribution < -0.4 is 15.4 Å². The van der Waals surface area contributed by atoms with Crippen molar-refractivity contribution in [2.75, 3.05) is 18.5 Å². The number of nitrogens with one attached hydrogen (secondary N) is 2. The molecule has 0 aliphatic rings. The van der Waals surface area contributed by atoms with Crippen LogP contribution >= 0.6 is 0 Å². The van der Waals surface area contributed by atoms with Crippen LogP contribution in [-0.2, 0) is 11.2 Å². The van der Waals surface area contributed by atoms with E-state index in [1.54, 1.807) is 24.3 Å². The van der Waals surface area contributed by atoms with Crippen molar-refractivity contribution >= 4 is 17.5 Å². The Morgan fingerprint density at radius 3 is 2.48 bits per heavy atom. The van der Waals surface area contributed by atoms with E-state index < -0.39 is 0 Å². The largest absolute Gasteiger partial charge is 0.484 e. The van der Waals surface area contributed by atoms with Crippen molar-refractivity contribution in [2.24, 2.45) is 0 Å². The fourth-order valence-electron chi connectivity index (χ4n) is 2.25. The third kappa shape index (κ3) is 5.95. The van der Waals surface area contributed by atoms with E-state index in [9.17, 15) is 9.59 Å². The highest BCUT2D eigenvalue weighted by Gasteiger charge is 2.08. The summed E-state index contributed by atoms with van der Waals surface area (Å²) in [6, 6.07) is 14.5. The van der Waals surface area contributed by atoms with Gasteiger partial charge in [-0.2, -0.15) is 0 Å². The minimum atomic E-state index is -0.273. The van der Waals surface area contributed by atoms with Crippen molar-refractivity contribution in [1.82, 2.24) is 5.32 Å². The minimum absolute atomic E-state index is 0.0856. The topological polar surface area (TPSA) is 67.4 Å². The van der Waals surface area contributed by atoms with Gasteiger partial charge in [-0.25, -0.2) is 0 Å². The van der Waals surface area contributed by atoms with E-state index in [1.807, 2.05) is 31.2 Å². The lowest BCUT2D eigenvalue weighted by molar-refractivity contribution is -0.118. The first-order chi connectivity index (χ1) is 12.1. The summed E-state index contributed by atoms with van der Waals surface area (Å²) < 4.78 is 5.48. The Hall–Kier alpha value is -2.82. The molecular weight excluding hydrogens is 316 g/mol. The maximum absolute atomic E-state index is 12.0. The lowest BCUT2D eigenvalue weighted by atomic mass is 10.2. The molecule has 0 aliphatic carbocycles. The first-order valence-electron chi connectivity index (χ1n) is 8.52. The third-order valence-corrected chi connectivity index (χ3v) is 3.65. The van der Waals surface area contributed by atoms with Gasteiger partial charge in [0.25, 0.3) is 11.8 Å². The second-order valence-corrected chi connectivity index (χ2v) is 5.67. The fourth-order valence-corrected chi connectivity index (χ4v) is 2.25. The van der Waals surface area contributed by atoms with E-state index in [0.717, 1.165) is 12.8 Å². The quantitative estimate of drug-likeness (QED) is 0.774. The lowest BCUT2D eigenvalue weighted by Crippen LogP contribution is -2.24. The summed E-state index contributed by atoms with van der Waals surface area (Å²) in [7, 11) is 0. The van der Waals surface area contributed by atoms with Crippen LogP contribution in [0.15, 0.2) is 48.5 Å². The molecule has 0 saturated heterocycles. The van der Waals surface area contributed by atoms with Crippen molar-refractivity contribution in [2.45, 2.75) is 26.7 Å². The number of anilines is 1. The molecule has 0 aliphatic heterocycles. The Balaban J connectivity index is 1.88. The second kappa shape index (κ2) is 9.47. The third-order valence-electron chi connectivity index (χ3n) is 3.65. The highest BCUT2D eigenvalue weighted by Crippen LogP contribution is 2.13. The molecule has 0 saturated carbocycles. The SMILES string of the molecule is CCCNC(=O)c1cccc(NC(=O)COc2ccc(CC)cc2)c1. The van der Waals surface area contributed by atoms with Gasteiger partial charge >= 0.3 is 0 Å². The van der Waals surface area contributed by atoms with E-state index in [0.29, 0.717) is 23.5 Å². The molecule has 0 bridgehead atoms. The smallest absolute Gasteiger partial charge is 0.262 e. The second-order valence-electron chi connectivity index (χ2n) is 5.67. The molecule has 0 fully saturated rings. The van der Waals surface area contributed by atoms with Crippen molar-refractivity contribution in [3.8, 4) is 5.75 Å². The van der Waals surface area contributed by atoms with Gasteiger partial charge in [-0.05, 0) is 48.7 Å². The molecule has 132 valence electrons. The summed E-state index contributed by atoms with van der Waals surface area (Å²) >= 11 is 0. The molecule has 0 aromatic heterocycles. The monoisotopic (exact) mass is 340 g/mol. The molecule has 2 aromatic carbocycles. The minimum Gasteiger partial charge on any atom is -0.484 e. The van der Waals surface area contributed by atoms with E-state index in [1.165, 1.54) is 5.56 Å². The molecule has 0 atom stereocenters. The molecule has 2 amide bonds. The summed E-state index contributed by atoms with van der Waals surface area (Å²) in [5, 5.41) is 5.55. The van der Waals surface area contributed by atoms with Crippen molar-refractivity contribution in [3.63, 3.8) is 0 Å². The summed E-state index contributed by atoms with van der Waals surface area (Å²) in [4.78, 5) is 24.0. The van der Waals surface area contributed by atoms with Gasteiger partial charge in [0.1, 0.15) is 5.75 Å². The van der Waals surface area contributed by atoms with Crippen LogP contribution in [0.25, 0.3) is 0 Å². The fraction of sp³-hybridized carbons (Fsp3) is 0.300. The standard InChI is InChI=1S/C20H24N2O3/c1-3-12-21-20(24)16-6-5-7-17(13-16)22-19(23)14-25-18-10-8-15(4-2)9-11-18/h5-11,13H,3-4,12,14H2,1-2H3,(H,21,24)(H,22,23). The van der Waals surface area contributed by atoms with E-state index in [4.69, 9.17) is 4.74 Å². The summed E-state index contributed by atoms with van der Waals surface area (Å²) in [6.45, 7) is 4.62. The number of benzene rings is 2. The number of amides is 2. The van der Waals surface area contributed by atoms with Crippen LogP contribution in [0, 0.1) is 0 Å². The summed E-state index contributed by atoms with van der Waals surface area (Å²) in [6.07, 6.45) is 1.84. The van der Waals surface area contributed by atoms with Crippen LogP contribution in [0.1, 0.15) is 36.2 Å². The maximum Gasteiger partial charge on any atom is 0.262 e. The van der Waals surface area contributed by atoms with Crippen LogP contribution in [0.5, 0.6) is 5.75 Å². The molecule has 2 rings (SSSR count). The normalized spacial score (nSPS) is 10.2.